The summed E-state index contributed by atoms with van der Waals surface area (Å²) in [5.41, 5.74) is 0. The molecule has 1 aliphatic rings. The van der Waals surface area contributed by atoms with Gasteiger partial charge in [0, 0.05) is 0 Å². The van der Waals surface area contributed by atoms with Gasteiger partial charge in [0.2, 0.25) is 0 Å². The molecule has 0 spiro atoms. The minimum atomic E-state index is -5.17. The SMILES string of the molecule is O=C(O)C(CC1CCS(=O)(=O)C1)NC(=O)C(F)(F)F. The van der Waals surface area contributed by atoms with E-state index < -0.39 is 39.8 Å². The Balaban J connectivity index is 2.65. The Hall–Kier alpha value is -1.32. The van der Waals surface area contributed by atoms with Crippen LogP contribution in [0.15, 0.2) is 0 Å². The Morgan fingerprint density at radius 3 is 2.32 bits per heavy atom. The van der Waals surface area contributed by atoms with Crippen LogP contribution in [0.5, 0.6) is 0 Å². The van der Waals surface area contributed by atoms with Gasteiger partial charge in [-0.05, 0) is 18.8 Å². The fourth-order valence-corrected chi connectivity index (χ4v) is 3.73. The summed E-state index contributed by atoms with van der Waals surface area (Å²) in [5.74, 6) is -4.90. The van der Waals surface area contributed by atoms with Crippen molar-refractivity contribution in [3.63, 3.8) is 0 Å². The van der Waals surface area contributed by atoms with E-state index in [-0.39, 0.29) is 24.3 Å². The average Bonchev–Trinajstić information content (AvgIpc) is 2.55. The third-order valence-electron chi connectivity index (χ3n) is 2.76. The third-order valence-corrected chi connectivity index (χ3v) is 4.59. The number of hydrogen-bond donors (Lipinski definition) is 2. The molecule has 6 nitrogen and oxygen atoms in total. The Bertz CT molecular complexity index is 473. The molecule has 2 N–H and O–H groups in total. The zero-order chi connectivity index (χ0) is 14.8. The van der Waals surface area contributed by atoms with E-state index in [2.05, 4.69) is 0 Å². The van der Waals surface area contributed by atoms with Crippen LogP contribution >= 0.6 is 0 Å². The molecule has 1 fully saturated rings. The lowest BCUT2D eigenvalue weighted by molar-refractivity contribution is -0.175. The predicted molar refractivity (Wildman–Crippen MR) is 57.0 cm³/mol. The van der Waals surface area contributed by atoms with Gasteiger partial charge in [-0.25, -0.2) is 13.2 Å². The predicted octanol–water partition coefficient (Wildman–Crippen LogP) is -0.0571. The van der Waals surface area contributed by atoms with Gasteiger partial charge in [0.15, 0.2) is 9.84 Å². The van der Waals surface area contributed by atoms with Gasteiger partial charge in [0.25, 0.3) is 0 Å². The second-order valence-electron chi connectivity index (χ2n) is 4.37. The lowest BCUT2D eigenvalue weighted by atomic mass is 9.99. The highest BCUT2D eigenvalue weighted by Crippen LogP contribution is 2.23. The zero-order valence-corrected chi connectivity index (χ0v) is 10.4. The summed E-state index contributed by atoms with van der Waals surface area (Å²) >= 11 is 0. The molecule has 0 radical (unpaired) electrons. The van der Waals surface area contributed by atoms with Crippen LogP contribution in [-0.2, 0) is 19.4 Å². The number of rotatable bonds is 4. The van der Waals surface area contributed by atoms with E-state index >= 15 is 0 Å². The van der Waals surface area contributed by atoms with E-state index in [0.717, 1.165) is 0 Å². The standard InChI is InChI=1S/C9H12F3NO5S/c10-9(11,12)8(16)13-6(7(14)15)3-5-1-2-19(17,18)4-5/h5-6H,1-4H2,(H,13,16)(H,14,15). The summed E-state index contributed by atoms with van der Waals surface area (Å²) in [5, 5.41) is 10.1. The smallest absolute Gasteiger partial charge is 0.471 e. The third kappa shape index (κ3) is 4.69. The van der Waals surface area contributed by atoms with Gasteiger partial charge < -0.3 is 10.4 Å². The highest BCUT2D eigenvalue weighted by atomic mass is 32.2. The maximum Gasteiger partial charge on any atom is 0.471 e. The van der Waals surface area contributed by atoms with Crippen molar-refractivity contribution in [2.24, 2.45) is 5.92 Å². The first kappa shape index (κ1) is 15.7. The van der Waals surface area contributed by atoms with Crippen molar-refractivity contribution < 1.29 is 36.3 Å². The first-order chi connectivity index (χ1) is 8.51. The number of aliphatic carboxylic acids is 1. The quantitative estimate of drug-likeness (QED) is 0.758. The van der Waals surface area contributed by atoms with Crippen LogP contribution in [0.4, 0.5) is 13.2 Å². The van der Waals surface area contributed by atoms with Crippen LogP contribution in [0, 0.1) is 5.92 Å². The molecule has 110 valence electrons. The number of carboxylic acids is 1. The van der Waals surface area contributed by atoms with Crippen molar-refractivity contribution in [1.82, 2.24) is 5.32 Å². The van der Waals surface area contributed by atoms with Crippen LogP contribution in [-0.4, -0.2) is 49.1 Å². The minimum absolute atomic E-state index is 0.114. The largest absolute Gasteiger partial charge is 0.480 e. The highest BCUT2D eigenvalue weighted by molar-refractivity contribution is 7.91. The highest BCUT2D eigenvalue weighted by Gasteiger charge is 2.41. The molecule has 1 heterocycles. The second-order valence-corrected chi connectivity index (χ2v) is 6.60. The maximum atomic E-state index is 12.0. The molecule has 10 heteroatoms. The molecule has 0 aliphatic carbocycles. The Labute approximate surface area is 106 Å². The molecule has 0 aromatic heterocycles. The fraction of sp³-hybridized carbons (Fsp3) is 0.778. The van der Waals surface area contributed by atoms with E-state index in [4.69, 9.17) is 5.11 Å². The van der Waals surface area contributed by atoms with Gasteiger partial charge in [-0.15, -0.1) is 0 Å². The van der Waals surface area contributed by atoms with Crippen molar-refractivity contribution >= 4 is 21.7 Å². The molecule has 0 aromatic rings. The first-order valence-corrected chi connectivity index (χ1v) is 7.14. The molecule has 19 heavy (non-hydrogen) atoms. The summed E-state index contributed by atoms with van der Waals surface area (Å²) < 4.78 is 58.3. The van der Waals surface area contributed by atoms with Crippen LogP contribution in [0.25, 0.3) is 0 Å². The van der Waals surface area contributed by atoms with Crippen molar-refractivity contribution in [3.05, 3.63) is 0 Å². The lowest BCUT2D eigenvalue weighted by Crippen LogP contribution is -2.47. The summed E-state index contributed by atoms with van der Waals surface area (Å²) in [6, 6.07) is -1.74. The summed E-state index contributed by atoms with van der Waals surface area (Å²) in [6.07, 6.45) is -5.32. The molecule has 0 saturated carbocycles. The number of carboxylic acid groups (broad SMARTS) is 1. The molecule has 2 atom stereocenters. The van der Waals surface area contributed by atoms with Gasteiger partial charge in [-0.2, -0.15) is 13.2 Å². The Morgan fingerprint density at radius 1 is 1.37 bits per heavy atom. The summed E-state index contributed by atoms with van der Waals surface area (Å²) in [6.45, 7) is 0. The number of hydrogen-bond acceptors (Lipinski definition) is 4. The Kier molecular flexibility index (Phi) is 4.43. The molecule has 0 bridgehead atoms. The fourth-order valence-electron chi connectivity index (χ4n) is 1.85. The molecule has 1 rings (SSSR count). The van der Waals surface area contributed by atoms with E-state index in [1.54, 1.807) is 0 Å². The number of carbonyl (C=O) groups is 2. The average molecular weight is 303 g/mol. The molecule has 0 aromatic carbocycles. The van der Waals surface area contributed by atoms with Crippen LogP contribution in [0.3, 0.4) is 0 Å². The summed E-state index contributed by atoms with van der Waals surface area (Å²) in [4.78, 5) is 21.4. The monoisotopic (exact) mass is 303 g/mol. The molecular weight excluding hydrogens is 291 g/mol. The topological polar surface area (TPSA) is 101 Å². The number of carbonyl (C=O) groups excluding carboxylic acids is 1. The van der Waals surface area contributed by atoms with Crippen molar-refractivity contribution in [1.29, 1.82) is 0 Å². The molecule has 1 amide bonds. The van der Waals surface area contributed by atoms with E-state index in [1.807, 2.05) is 0 Å². The normalized spacial score (nSPS) is 23.8. The number of nitrogens with one attached hydrogen (secondary N) is 1. The van der Waals surface area contributed by atoms with Gasteiger partial charge in [-0.3, -0.25) is 4.79 Å². The molecule has 1 saturated heterocycles. The lowest BCUT2D eigenvalue weighted by Gasteiger charge is -2.18. The maximum absolute atomic E-state index is 12.0. The van der Waals surface area contributed by atoms with Gasteiger partial charge >= 0.3 is 18.1 Å². The van der Waals surface area contributed by atoms with Gasteiger partial charge in [-0.1, -0.05) is 0 Å². The molecule has 2 unspecified atom stereocenters. The van der Waals surface area contributed by atoms with E-state index in [0.29, 0.717) is 0 Å². The van der Waals surface area contributed by atoms with Crippen LogP contribution in [0.1, 0.15) is 12.8 Å². The molecule has 1 aliphatic heterocycles. The number of amides is 1. The van der Waals surface area contributed by atoms with Crippen molar-refractivity contribution in [2.45, 2.75) is 25.1 Å². The minimum Gasteiger partial charge on any atom is -0.480 e. The number of sulfone groups is 1. The second kappa shape index (κ2) is 5.35. The summed E-state index contributed by atoms with van der Waals surface area (Å²) in [7, 11) is -3.25. The Morgan fingerprint density at radius 2 is 1.95 bits per heavy atom. The van der Waals surface area contributed by atoms with E-state index in [9.17, 15) is 31.2 Å². The van der Waals surface area contributed by atoms with Crippen molar-refractivity contribution in [3.8, 4) is 0 Å². The van der Waals surface area contributed by atoms with Crippen molar-refractivity contribution in [2.75, 3.05) is 11.5 Å². The number of halogens is 3. The first-order valence-electron chi connectivity index (χ1n) is 5.32. The van der Waals surface area contributed by atoms with Gasteiger partial charge in [0.05, 0.1) is 11.5 Å². The zero-order valence-electron chi connectivity index (χ0n) is 9.61. The van der Waals surface area contributed by atoms with Crippen LogP contribution in [0.2, 0.25) is 0 Å². The van der Waals surface area contributed by atoms with E-state index in [1.165, 1.54) is 5.32 Å². The van der Waals surface area contributed by atoms with Crippen LogP contribution < -0.4 is 5.32 Å². The molecular formula is C9H12F3NO5S. The number of alkyl halides is 3. The van der Waals surface area contributed by atoms with Gasteiger partial charge in [0.1, 0.15) is 6.04 Å².